The van der Waals surface area contributed by atoms with Gasteiger partial charge in [0.05, 0.1) is 8.07 Å². The first-order valence-electron chi connectivity index (χ1n) is 9.03. The maximum atomic E-state index is 4.95. The third-order valence-electron chi connectivity index (χ3n) is 4.28. The van der Waals surface area contributed by atoms with Crippen LogP contribution in [-0.2, 0) is 17.0 Å². The van der Waals surface area contributed by atoms with Gasteiger partial charge in [-0.1, -0.05) is 20.8 Å². The van der Waals surface area contributed by atoms with Crippen LogP contribution in [0.15, 0.2) is 0 Å². The van der Waals surface area contributed by atoms with Crippen LogP contribution in [0.5, 0.6) is 0 Å². The van der Waals surface area contributed by atoms with Crippen molar-refractivity contribution in [1.82, 2.24) is 0 Å². The fourth-order valence-corrected chi connectivity index (χ4v) is 27.3. The third kappa shape index (κ3) is 17.8. The maximum absolute atomic E-state index is 4.95. The molecule has 1 rings (SSSR count). The third-order valence-corrected chi connectivity index (χ3v) is 22.3. The molecule has 0 aromatic heterocycles. The summed E-state index contributed by atoms with van der Waals surface area (Å²) in [6.45, 7) is 24.6. The summed E-state index contributed by atoms with van der Waals surface area (Å²) in [5, 5.41) is 0.596. The fourth-order valence-electron chi connectivity index (χ4n) is 3.19. The minimum atomic E-state index is -1.77. The van der Waals surface area contributed by atoms with E-state index in [1.807, 2.05) is 0 Å². The second-order valence-corrected chi connectivity index (χ2v) is 30.0. The van der Waals surface area contributed by atoms with Gasteiger partial charge in [0.25, 0.3) is 0 Å². The van der Waals surface area contributed by atoms with Gasteiger partial charge < -0.3 is 4.74 Å². The van der Waals surface area contributed by atoms with Crippen LogP contribution in [0, 0.1) is 0 Å². The predicted octanol–water partition coefficient (Wildman–Crippen LogP) is 7.94. The van der Waals surface area contributed by atoms with E-state index in [1.165, 1.54) is 12.8 Å². The molecule has 0 amide bonds. The molecule has 26 heavy (non-hydrogen) atoms. The van der Waals surface area contributed by atoms with Crippen LogP contribution in [0.3, 0.4) is 0 Å². The molecule has 0 atom stereocenters. The average Bonchev–Trinajstić information content (AvgIpc) is 2.92. The van der Waals surface area contributed by atoms with Gasteiger partial charge >= 0.3 is 41.8 Å². The van der Waals surface area contributed by atoms with E-state index < -0.39 is 20.4 Å². The van der Waals surface area contributed by atoms with Gasteiger partial charge in [0, 0.05) is 13.2 Å². The second kappa shape index (κ2) is 16.6. The van der Waals surface area contributed by atoms with Crippen LogP contribution in [0.4, 0.5) is 0 Å². The van der Waals surface area contributed by atoms with Gasteiger partial charge in [0.2, 0.25) is 0 Å². The number of ether oxygens (including phenoxy) is 1. The molecule has 0 bridgehead atoms. The second-order valence-electron chi connectivity index (χ2n) is 8.75. The molecule has 0 unspecified atom stereocenters. The van der Waals surface area contributed by atoms with Crippen LogP contribution in [0.25, 0.3) is 0 Å². The van der Waals surface area contributed by atoms with Crippen molar-refractivity contribution in [3.05, 3.63) is 0 Å². The Morgan fingerprint density at radius 1 is 0.769 bits per heavy atom. The molecule has 1 fully saturated rings. The van der Waals surface area contributed by atoms with Gasteiger partial charge in [-0.15, -0.1) is 23.8 Å². The van der Waals surface area contributed by atoms with Crippen molar-refractivity contribution >= 4 is 61.4 Å². The summed E-state index contributed by atoms with van der Waals surface area (Å²) in [6, 6.07) is 0. The van der Waals surface area contributed by atoms with Gasteiger partial charge in [-0.25, -0.2) is 0 Å². The molecule has 0 aliphatic carbocycles. The molecule has 1 saturated heterocycles. The number of hydrogen-bond acceptors (Lipinski definition) is 1. The molecule has 1 nitrogen and oxygen atoms in total. The number of hydrogen-bond donors (Lipinski definition) is 0. The van der Waals surface area contributed by atoms with E-state index in [-0.39, 0.29) is 23.8 Å². The molecule has 0 aromatic carbocycles. The Morgan fingerprint density at radius 3 is 1.15 bits per heavy atom. The van der Waals surface area contributed by atoms with Gasteiger partial charge in [0.15, 0.2) is 0 Å². The molecule has 0 radical (unpaired) electrons. The first-order valence-corrected chi connectivity index (χ1v) is 24.7. The summed E-state index contributed by atoms with van der Waals surface area (Å²) in [6.07, 6.45) is 2.56. The quantitative estimate of drug-likeness (QED) is 0.246. The SMILES string of the molecule is C1CCOC1.CP(C)C[Si](CP(C)C)(CP(C)C)C(C)(C)C.[Cl][V]([Cl])[Cl]. The summed E-state index contributed by atoms with van der Waals surface area (Å²) in [5.41, 5.74) is 0. The van der Waals surface area contributed by atoms with Crippen molar-refractivity contribution in [2.75, 3.05) is 70.6 Å². The summed E-state index contributed by atoms with van der Waals surface area (Å²) < 4.78 is 4.94. The van der Waals surface area contributed by atoms with E-state index >= 15 is 0 Å². The number of rotatable bonds is 6. The van der Waals surface area contributed by atoms with Crippen LogP contribution in [0.2, 0.25) is 5.04 Å². The van der Waals surface area contributed by atoms with Crippen molar-refractivity contribution in [2.45, 2.75) is 38.7 Å². The van der Waals surface area contributed by atoms with Crippen molar-refractivity contribution in [1.29, 1.82) is 0 Å². The molecule has 0 saturated carbocycles. The van der Waals surface area contributed by atoms with Crippen LogP contribution in [0.1, 0.15) is 33.6 Å². The Balaban J connectivity index is 0. The van der Waals surface area contributed by atoms with Crippen LogP contribution < -0.4 is 0 Å². The van der Waals surface area contributed by atoms with E-state index in [9.17, 15) is 0 Å². The van der Waals surface area contributed by atoms with E-state index in [0.717, 1.165) is 13.2 Å². The Hall–Kier alpha value is 2.92. The Labute approximate surface area is 186 Å². The topological polar surface area (TPSA) is 9.23 Å². The first kappa shape index (κ1) is 31.1. The van der Waals surface area contributed by atoms with Crippen LogP contribution >= 0.6 is 53.3 Å². The van der Waals surface area contributed by atoms with Gasteiger partial charge in [-0.05, 0) is 75.2 Å². The van der Waals surface area contributed by atoms with Crippen molar-refractivity contribution in [3.8, 4) is 0 Å². The monoisotopic (exact) mass is 538 g/mol. The molecule has 1 heterocycles. The molecule has 160 valence electrons. The molecule has 0 spiro atoms. The standard InChI is InChI=1S/C13H33P3Si.C4H8O.3ClH.V/c1-13(2,3)17(10-14(4)5,11-15(6)7)12-16(8)9;1-2-4-5-3-1;;;;/h10-12H2,1-9H3;1-4H2;3*1H;/q;;;;;+3/p-3. The molecular formula is C17H41Cl3OP3SiV. The minimum absolute atomic E-state index is 0.269. The average molecular weight is 540 g/mol. The molecule has 0 N–H and O–H groups in total. The summed E-state index contributed by atoms with van der Waals surface area (Å²) >= 11 is -1.77. The van der Waals surface area contributed by atoms with E-state index in [1.54, 1.807) is 17.4 Å². The molecule has 1 aliphatic heterocycles. The predicted molar refractivity (Wildman–Crippen MR) is 134 cm³/mol. The summed E-state index contributed by atoms with van der Waals surface area (Å²) in [7, 11) is 14.6. The summed E-state index contributed by atoms with van der Waals surface area (Å²) in [4.78, 5) is 0. The van der Waals surface area contributed by atoms with Gasteiger partial charge in [0.1, 0.15) is 0 Å². The van der Waals surface area contributed by atoms with E-state index in [4.69, 9.17) is 34.3 Å². The Morgan fingerprint density at radius 2 is 1.04 bits per heavy atom. The fraction of sp³-hybridized carbons (Fsp3) is 1.00. The molecule has 0 aromatic rings. The van der Waals surface area contributed by atoms with Crippen molar-refractivity contribution in [2.24, 2.45) is 0 Å². The Kier molecular flexibility index (Phi) is 19.9. The molecule has 1 aliphatic rings. The summed E-state index contributed by atoms with van der Waals surface area (Å²) in [5.74, 6) is 4.81. The first-order chi connectivity index (χ1) is 11.7. The van der Waals surface area contributed by atoms with Crippen molar-refractivity contribution in [3.63, 3.8) is 0 Å². The zero-order valence-corrected chi connectivity index (χ0v) is 25.6. The Bertz CT molecular complexity index is 303. The van der Waals surface area contributed by atoms with Gasteiger partial charge in [-0.3, -0.25) is 0 Å². The van der Waals surface area contributed by atoms with E-state index in [2.05, 4.69) is 60.8 Å². The normalized spacial score (nSPS) is 15.2. The van der Waals surface area contributed by atoms with Crippen LogP contribution in [-0.4, -0.2) is 78.6 Å². The molecule has 9 heteroatoms. The zero-order chi connectivity index (χ0) is 21.0. The number of halogens is 3. The molecular weight excluding hydrogens is 498 g/mol. The zero-order valence-electron chi connectivity index (χ0n) is 18.3. The van der Waals surface area contributed by atoms with Crippen molar-refractivity contribution < 1.29 is 17.0 Å². The van der Waals surface area contributed by atoms with E-state index in [0.29, 0.717) is 5.04 Å². The van der Waals surface area contributed by atoms with Gasteiger partial charge in [-0.2, -0.15) is 0 Å².